The zero-order valence-electron chi connectivity index (χ0n) is 15.3. The number of halogens is 1. The highest BCUT2D eigenvalue weighted by atomic mass is 19.1. The van der Waals surface area contributed by atoms with E-state index in [0.29, 0.717) is 13.0 Å². The molecule has 8 nitrogen and oxygen atoms in total. The maximum absolute atomic E-state index is 14.0. The molecule has 0 aliphatic heterocycles. The molecule has 0 saturated carbocycles. The first-order valence-corrected chi connectivity index (χ1v) is 8.65. The predicted molar refractivity (Wildman–Crippen MR) is 98.1 cm³/mol. The van der Waals surface area contributed by atoms with E-state index in [9.17, 15) is 18.8 Å². The summed E-state index contributed by atoms with van der Waals surface area (Å²) in [6.07, 6.45) is 0.637. The second-order valence-corrected chi connectivity index (χ2v) is 5.76. The third-order valence-electron chi connectivity index (χ3n) is 3.73. The number of hydrogen-bond acceptors (Lipinski definition) is 6. The largest absolute Gasteiger partial charge is 0.451 e. The number of para-hydroxylation sites is 1. The molecular formula is C19H19FN4O4. The van der Waals surface area contributed by atoms with Crippen molar-refractivity contribution in [1.29, 1.82) is 5.26 Å². The SMILES string of the molecule is CCCn1nc(C(=O)OCC(=O)N(CCC#N)c2ccccc2F)ccc1=O. The molecule has 1 aromatic carbocycles. The molecule has 9 heteroatoms. The molecule has 0 radical (unpaired) electrons. The Balaban J connectivity index is 2.11. The van der Waals surface area contributed by atoms with Crippen molar-refractivity contribution in [3.05, 3.63) is 58.3 Å². The molecule has 1 heterocycles. The van der Waals surface area contributed by atoms with Gasteiger partial charge in [-0.1, -0.05) is 19.1 Å². The molecule has 0 fully saturated rings. The van der Waals surface area contributed by atoms with Crippen LogP contribution in [0.4, 0.5) is 10.1 Å². The number of nitrogens with zero attached hydrogens (tertiary/aromatic N) is 4. The van der Waals surface area contributed by atoms with Gasteiger partial charge >= 0.3 is 5.97 Å². The van der Waals surface area contributed by atoms with E-state index in [0.717, 1.165) is 9.58 Å². The monoisotopic (exact) mass is 386 g/mol. The van der Waals surface area contributed by atoms with Gasteiger partial charge in [0.15, 0.2) is 12.3 Å². The fraction of sp³-hybridized carbons (Fsp3) is 0.316. The highest BCUT2D eigenvalue weighted by Gasteiger charge is 2.21. The number of nitriles is 1. The van der Waals surface area contributed by atoms with Crippen molar-refractivity contribution in [3.63, 3.8) is 0 Å². The fourth-order valence-corrected chi connectivity index (χ4v) is 2.42. The smallest absolute Gasteiger partial charge is 0.359 e. The second-order valence-electron chi connectivity index (χ2n) is 5.76. The molecule has 146 valence electrons. The van der Waals surface area contributed by atoms with E-state index in [1.807, 2.05) is 13.0 Å². The summed E-state index contributed by atoms with van der Waals surface area (Å²) in [5.41, 5.74) is -0.472. The lowest BCUT2D eigenvalue weighted by molar-refractivity contribution is -0.121. The number of amides is 1. The quantitative estimate of drug-likeness (QED) is 0.642. The van der Waals surface area contributed by atoms with Gasteiger partial charge in [0.05, 0.1) is 18.2 Å². The van der Waals surface area contributed by atoms with E-state index in [-0.39, 0.29) is 29.9 Å². The van der Waals surface area contributed by atoms with Crippen molar-refractivity contribution < 1.29 is 18.7 Å². The van der Waals surface area contributed by atoms with Crippen LogP contribution in [0.2, 0.25) is 0 Å². The Morgan fingerprint density at radius 3 is 2.71 bits per heavy atom. The van der Waals surface area contributed by atoms with Crippen LogP contribution < -0.4 is 10.5 Å². The summed E-state index contributed by atoms with van der Waals surface area (Å²) in [6.45, 7) is 1.49. The molecular weight excluding hydrogens is 367 g/mol. The number of anilines is 1. The Bertz CT molecular complexity index is 951. The third-order valence-corrected chi connectivity index (χ3v) is 3.73. The van der Waals surface area contributed by atoms with Gasteiger partial charge in [-0.05, 0) is 24.6 Å². The number of esters is 1. The zero-order chi connectivity index (χ0) is 20.5. The summed E-state index contributed by atoms with van der Waals surface area (Å²) in [4.78, 5) is 37.3. The number of benzene rings is 1. The Labute approximate surface area is 160 Å². The van der Waals surface area contributed by atoms with Crippen molar-refractivity contribution in [2.45, 2.75) is 26.3 Å². The minimum Gasteiger partial charge on any atom is -0.451 e. The van der Waals surface area contributed by atoms with Crippen LogP contribution in [-0.2, 0) is 16.1 Å². The summed E-state index contributed by atoms with van der Waals surface area (Å²) in [7, 11) is 0. The van der Waals surface area contributed by atoms with Gasteiger partial charge in [-0.3, -0.25) is 9.59 Å². The first kappa shape index (κ1) is 20.8. The van der Waals surface area contributed by atoms with Crippen LogP contribution in [0.15, 0.2) is 41.2 Å². The normalized spacial score (nSPS) is 10.2. The summed E-state index contributed by atoms with van der Waals surface area (Å²) >= 11 is 0. The van der Waals surface area contributed by atoms with Crippen LogP contribution in [0, 0.1) is 17.1 Å². The van der Waals surface area contributed by atoms with Gasteiger partial charge in [-0.15, -0.1) is 0 Å². The van der Waals surface area contributed by atoms with Crippen molar-refractivity contribution in [2.75, 3.05) is 18.1 Å². The maximum atomic E-state index is 14.0. The maximum Gasteiger partial charge on any atom is 0.359 e. The average Bonchev–Trinajstić information content (AvgIpc) is 2.69. The van der Waals surface area contributed by atoms with E-state index in [4.69, 9.17) is 10.00 Å². The molecule has 0 atom stereocenters. The number of carbonyl (C=O) groups is 2. The van der Waals surface area contributed by atoms with Crippen LogP contribution in [0.25, 0.3) is 0 Å². The average molecular weight is 386 g/mol. The lowest BCUT2D eigenvalue weighted by atomic mass is 10.2. The number of carbonyl (C=O) groups excluding carboxylic acids is 2. The highest BCUT2D eigenvalue weighted by Crippen LogP contribution is 2.19. The summed E-state index contributed by atoms with van der Waals surface area (Å²) in [5, 5.41) is 12.7. The van der Waals surface area contributed by atoms with E-state index < -0.39 is 24.3 Å². The Morgan fingerprint density at radius 2 is 2.04 bits per heavy atom. The molecule has 0 unspecified atom stereocenters. The van der Waals surface area contributed by atoms with Crippen molar-refractivity contribution in [1.82, 2.24) is 9.78 Å². The summed E-state index contributed by atoms with van der Waals surface area (Å²) in [6, 6.07) is 9.91. The Hall–Kier alpha value is -3.54. The number of rotatable bonds is 8. The number of ether oxygens (including phenoxy) is 1. The number of hydrogen-bond donors (Lipinski definition) is 0. The van der Waals surface area contributed by atoms with Gasteiger partial charge < -0.3 is 9.64 Å². The molecule has 1 aromatic heterocycles. The third kappa shape index (κ3) is 5.23. The molecule has 2 aromatic rings. The summed E-state index contributed by atoms with van der Waals surface area (Å²) < 4.78 is 20.1. The number of aryl methyl sites for hydroxylation is 1. The first-order chi connectivity index (χ1) is 13.5. The molecule has 0 saturated heterocycles. The van der Waals surface area contributed by atoms with Gasteiger partial charge in [0.25, 0.3) is 11.5 Å². The van der Waals surface area contributed by atoms with Crippen LogP contribution >= 0.6 is 0 Å². The van der Waals surface area contributed by atoms with Gasteiger partial charge in [-0.25, -0.2) is 13.9 Å². The summed E-state index contributed by atoms with van der Waals surface area (Å²) in [5.74, 6) is -2.20. The Morgan fingerprint density at radius 1 is 1.29 bits per heavy atom. The van der Waals surface area contributed by atoms with Crippen LogP contribution in [0.1, 0.15) is 30.3 Å². The van der Waals surface area contributed by atoms with Crippen molar-refractivity contribution in [2.24, 2.45) is 0 Å². The standard InChI is InChI=1S/C19H19FN4O4/c1-2-11-24-17(25)9-8-15(22-24)19(27)28-13-18(26)23(12-5-10-21)16-7-4-3-6-14(16)20/h3-4,6-9H,2,5,11-13H2,1H3. The van der Waals surface area contributed by atoms with E-state index in [1.54, 1.807) is 6.07 Å². The molecule has 0 aliphatic carbocycles. The first-order valence-electron chi connectivity index (χ1n) is 8.65. The minimum absolute atomic E-state index is 0.00609. The van der Waals surface area contributed by atoms with Gasteiger partial charge in [0.2, 0.25) is 0 Å². The van der Waals surface area contributed by atoms with Gasteiger partial charge in [-0.2, -0.15) is 10.4 Å². The van der Waals surface area contributed by atoms with E-state index >= 15 is 0 Å². The van der Waals surface area contributed by atoms with Crippen LogP contribution in [0.3, 0.4) is 0 Å². The Kier molecular flexibility index (Phi) is 7.39. The molecule has 2 rings (SSSR count). The topological polar surface area (TPSA) is 105 Å². The van der Waals surface area contributed by atoms with Crippen molar-refractivity contribution in [3.8, 4) is 6.07 Å². The van der Waals surface area contributed by atoms with E-state index in [1.165, 1.54) is 30.3 Å². The minimum atomic E-state index is -0.882. The van der Waals surface area contributed by atoms with Crippen molar-refractivity contribution >= 4 is 17.6 Å². The fourth-order valence-electron chi connectivity index (χ4n) is 2.42. The molecule has 0 bridgehead atoms. The molecule has 0 aliphatic rings. The van der Waals surface area contributed by atoms with Gasteiger partial charge in [0, 0.05) is 19.2 Å². The molecule has 1 amide bonds. The van der Waals surface area contributed by atoms with Gasteiger partial charge in [0.1, 0.15) is 5.82 Å². The predicted octanol–water partition coefficient (Wildman–Crippen LogP) is 1.90. The molecule has 28 heavy (non-hydrogen) atoms. The van der Waals surface area contributed by atoms with Crippen LogP contribution in [0.5, 0.6) is 0 Å². The lowest BCUT2D eigenvalue weighted by Gasteiger charge is -2.22. The molecule has 0 spiro atoms. The zero-order valence-corrected chi connectivity index (χ0v) is 15.3. The van der Waals surface area contributed by atoms with E-state index in [2.05, 4.69) is 5.10 Å². The second kappa shape index (κ2) is 9.97. The molecule has 0 N–H and O–H groups in total. The van der Waals surface area contributed by atoms with Crippen LogP contribution in [-0.4, -0.2) is 34.8 Å². The lowest BCUT2D eigenvalue weighted by Crippen LogP contribution is -2.36. The number of aromatic nitrogens is 2. The highest BCUT2D eigenvalue weighted by molar-refractivity contribution is 5.96.